The van der Waals surface area contributed by atoms with Crippen molar-refractivity contribution in [1.82, 2.24) is 4.98 Å². The Kier molecular flexibility index (Phi) is 3.77. The first-order chi connectivity index (χ1) is 13.8. The fraction of sp³-hybridized carbons (Fsp3) is 0.250. The van der Waals surface area contributed by atoms with Gasteiger partial charge in [0.15, 0.2) is 0 Å². The third-order valence-corrected chi connectivity index (χ3v) is 6.44. The molecule has 0 spiro atoms. The molecule has 1 aliphatic carbocycles. The molecule has 3 aromatic carbocycles. The maximum atomic E-state index is 4.87. The molecule has 29 heavy (non-hydrogen) atoms. The Morgan fingerprint density at radius 3 is 2.14 bits per heavy atom. The van der Waals surface area contributed by atoms with E-state index in [2.05, 4.69) is 101 Å². The van der Waals surface area contributed by atoms with Crippen molar-refractivity contribution >= 4 is 10.8 Å². The van der Waals surface area contributed by atoms with E-state index in [1.807, 2.05) is 6.20 Å². The SMILES string of the molecule is CC(C)(C)c1ccc(-c2nccc3c2C(C)(C)c2c-3ccc3ccccc23)cc1. The van der Waals surface area contributed by atoms with E-state index in [1.54, 1.807) is 0 Å². The van der Waals surface area contributed by atoms with Gasteiger partial charge in [-0.1, -0.05) is 95.3 Å². The Morgan fingerprint density at radius 2 is 1.41 bits per heavy atom. The lowest BCUT2D eigenvalue weighted by Gasteiger charge is -2.25. The van der Waals surface area contributed by atoms with Gasteiger partial charge < -0.3 is 0 Å². The maximum Gasteiger partial charge on any atom is 0.0748 e. The van der Waals surface area contributed by atoms with Crippen LogP contribution in [-0.2, 0) is 10.8 Å². The van der Waals surface area contributed by atoms with Crippen molar-refractivity contribution < 1.29 is 0 Å². The van der Waals surface area contributed by atoms with E-state index >= 15 is 0 Å². The molecule has 0 unspecified atom stereocenters. The third kappa shape index (κ3) is 2.64. The Labute approximate surface area is 173 Å². The molecule has 1 aliphatic rings. The molecular formula is C28H27N. The van der Waals surface area contributed by atoms with E-state index in [0.29, 0.717) is 0 Å². The number of fused-ring (bicyclic) bond motifs is 5. The Morgan fingerprint density at radius 1 is 0.724 bits per heavy atom. The average molecular weight is 378 g/mol. The first kappa shape index (κ1) is 18.1. The van der Waals surface area contributed by atoms with Crippen LogP contribution in [0.1, 0.15) is 51.3 Å². The van der Waals surface area contributed by atoms with Crippen LogP contribution in [-0.4, -0.2) is 4.98 Å². The van der Waals surface area contributed by atoms with Gasteiger partial charge in [-0.3, -0.25) is 4.98 Å². The fourth-order valence-electron chi connectivity index (χ4n) is 4.96. The molecule has 0 saturated carbocycles. The average Bonchev–Trinajstić information content (AvgIpc) is 2.95. The summed E-state index contributed by atoms with van der Waals surface area (Å²) in [4.78, 5) is 4.87. The highest BCUT2D eigenvalue weighted by Gasteiger charge is 2.39. The lowest BCUT2D eigenvalue weighted by molar-refractivity contribution is 0.590. The molecule has 1 nitrogen and oxygen atoms in total. The van der Waals surface area contributed by atoms with Crippen LogP contribution >= 0.6 is 0 Å². The summed E-state index contributed by atoms with van der Waals surface area (Å²) in [5.41, 5.74) is 9.13. The molecular weight excluding hydrogens is 350 g/mol. The largest absolute Gasteiger partial charge is 0.256 e. The predicted octanol–water partition coefficient (Wildman–Crippen LogP) is 7.51. The van der Waals surface area contributed by atoms with E-state index in [0.717, 1.165) is 5.69 Å². The van der Waals surface area contributed by atoms with Gasteiger partial charge in [-0.25, -0.2) is 0 Å². The van der Waals surface area contributed by atoms with Gasteiger partial charge in [0.05, 0.1) is 5.69 Å². The molecule has 0 N–H and O–H groups in total. The lowest BCUT2D eigenvalue weighted by Crippen LogP contribution is -2.17. The van der Waals surface area contributed by atoms with E-state index in [4.69, 9.17) is 4.98 Å². The number of pyridine rings is 1. The van der Waals surface area contributed by atoms with Crippen molar-refractivity contribution in [2.75, 3.05) is 0 Å². The van der Waals surface area contributed by atoms with E-state index in [-0.39, 0.29) is 10.8 Å². The monoisotopic (exact) mass is 377 g/mol. The van der Waals surface area contributed by atoms with Gasteiger partial charge in [0.2, 0.25) is 0 Å². The van der Waals surface area contributed by atoms with Crippen LogP contribution in [0.4, 0.5) is 0 Å². The molecule has 5 rings (SSSR count). The fourth-order valence-corrected chi connectivity index (χ4v) is 4.96. The van der Waals surface area contributed by atoms with Crippen LogP contribution in [0.15, 0.2) is 72.9 Å². The molecule has 0 amide bonds. The molecule has 0 bridgehead atoms. The molecule has 0 aliphatic heterocycles. The van der Waals surface area contributed by atoms with Crippen molar-refractivity contribution in [3.05, 3.63) is 89.6 Å². The zero-order valence-electron chi connectivity index (χ0n) is 17.9. The topological polar surface area (TPSA) is 12.9 Å². The van der Waals surface area contributed by atoms with E-state index in [1.165, 1.54) is 44.2 Å². The van der Waals surface area contributed by atoms with Crippen molar-refractivity contribution in [3.8, 4) is 22.4 Å². The second-order valence-electron chi connectivity index (χ2n) is 9.74. The summed E-state index contributed by atoms with van der Waals surface area (Å²) in [6, 6.07) is 24.4. The van der Waals surface area contributed by atoms with Gasteiger partial charge in [0, 0.05) is 17.2 Å². The van der Waals surface area contributed by atoms with Crippen LogP contribution in [0.25, 0.3) is 33.2 Å². The van der Waals surface area contributed by atoms with Crippen molar-refractivity contribution in [1.29, 1.82) is 0 Å². The van der Waals surface area contributed by atoms with Crippen LogP contribution in [0.3, 0.4) is 0 Å². The van der Waals surface area contributed by atoms with Crippen molar-refractivity contribution in [2.45, 2.75) is 45.4 Å². The number of rotatable bonds is 1. The Hall–Kier alpha value is -2.93. The normalized spacial score (nSPS) is 14.7. The minimum atomic E-state index is -0.0994. The first-order valence-electron chi connectivity index (χ1n) is 10.4. The summed E-state index contributed by atoms with van der Waals surface area (Å²) in [5.74, 6) is 0. The van der Waals surface area contributed by atoms with Gasteiger partial charge >= 0.3 is 0 Å². The summed E-state index contributed by atoms with van der Waals surface area (Å²) in [5, 5.41) is 2.65. The number of nitrogens with zero attached hydrogens (tertiary/aromatic N) is 1. The summed E-state index contributed by atoms with van der Waals surface area (Å²) < 4.78 is 0. The molecule has 0 atom stereocenters. The molecule has 1 heterocycles. The standard InChI is InChI=1S/C28H27N/c1-27(2,3)20-13-10-19(11-14-20)26-25-23(16-17-29-26)22-15-12-18-8-6-7-9-21(18)24(22)28(25,4)5/h6-17H,1-5H3. The smallest absolute Gasteiger partial charge is 0.0748 e. The molecule has 1 heteroatoms. The summed E-state index contributed by atoms with van der Waals surface area (Å²) in [6.07, 6.45) is 1.96. The molecule has 0 saturated heterocycles. The zero-order valence-corrected chi connectivity index (χ0v) is 17.9. The van der Waals surface area contributed by atoms with Crippen LogP contribution in [0, 0.1) is 0 Å². The number of hydrogen-bond donors (Lipinski definition) is 0. The van der Waals surface area contributed by atoms with E-state index < -0.39 is 0 Å². The van der Waals surface area contributed by atoms with Gasteiger partial charge in [-0.15, -0.1) is 0 Å². The summed E-state index contributed by atoms with van der Waals surface area (Å²) in [7, 11) is 0. The maximum absolute atomic E-state index is 4.87. The number of aromatic nitrogens is 1. The Bertz CT molecular complexity index is 1240. The third-order valence-electron chi connectivity index (χ3n) is 6.44. The Balaban J connectivity index is 1.74. The molecule has 144 valence electrons. The minimum Gasteiger partial charge on any atom is -0.256 e. The van der Waals surface area contributed by atoms with Gasteiger partial charge in [0.1, 0.15) is 0 Å². The predicted molar refractivity (Wildman–Crippen MR) is 123 cm³/mol. The van der Waals surface area contributed by atoms with Crippen LogP contribution in [0.5, 0.6) is 0 Å². The van der Waals surface area contributed by atoms with Gasteiger partial charge in [0.25, 0.3) is 0 Å². The molecule has 0 radical (unpaired) electrons. The highest BCUT2D eigenvalue weighted by Crippen LogP contribution is 2.53. The van der Waals surface area contributed by atoms with E-state index in [9.17, 15) is 0 Å². The number of benzene rings is 3. The highest BCUT2D eigenvalue weighted by molar-refractivity contribution is 5.98. The highest BCUT2D eigenvalue weighted by atomic mass is 14.7. The van der Waals surface area contributed by atoms with Crippen LogP contribution < -0.4 is 0 Å². The second kappa shape index (κ2) is 6.03. The van der Waals surface area contributed by atoms with Crippen LogP contribution in [0.2, 0.25) is 0 Å². The van der Waals surface area contributed by atoms with Crippen molar-refractivity contribution in [2.24, 2.45) is 0 Å². The molecule has 1 aromatic heterocycles. The summed E-state index contributed by atoms with van der Waals surface area (Å²) >= 11 is 0. The first-order valence-corrected chi connectivity index (χ1v) is 10.4. The van der Waals surface area contributed by atoms with Gasteiger partial charge in [-0.05, 0) is 50.1 Å². The molecule has 0 fully saturated rings. The zero-order chi connectivity index (χ0) is 20.4. The quantitative estimate of drug-likeness (QED) is 0.334. The molecule has 4 aromatic rings. The lowest BCUT2D eigenvalue weighted by atomic mass is 9.78. The second-order valence-corrected chi connectivity index (χ2v) is 9.74. The summed E-state index contributed by atoms with van der Waals surface area (Å²) in [6.45, 7) is 11.5. The van der Waals surface area contributed by atoms with Crippen molar-refractivity contribution in [3.63, 3.8) is 0 Å². The minimum absolute atomic E-state index is 0.0994. The van der Waals surface area contributed by atoms with Gasteiger partial charge in [-0.2, -0.15) is 0 Å². The number of hydrogen-bond acceptors (Lipinski definition) is 1.